The summed E-state index contributed by atoms with van der Waals surface area (Å²) in [4.78, 5) is 2.04. The highest BCUT2D eigenvalue weighted by atomic mass is 32.2. The van der Waals surface area contributed by atoms with Gasteiger partial charge in [-0.2, -0.15) is 5.10 Å². The fraction of sp³-hybridized carbons (Fsp3) is 0.222. The zero-order valence-corrected chi connectivity index (χ0v) is 21.3. The largest absolute Gasteiger partial charge is 0.573 e. The summed E-state index contributed by atoms with van der Waals surface area (Å²) in [5, 5.41) is 7.33. The van der Waals surface area contributed by atoms with Crippen LogP contribution in [-0.2, 0) is 10.0 Å². The molecule has 0 atom stereocenters. The summed E-state index contributed by atoms with van der Waals surface area (Å²) in [7, 11) is -2.19. The molecule has 2 heterocycles. The molecule has 0 amide bonds. The number of piperazine rings is 1. The van der Waals surface area contributed by atoms with E-state index in [0.717, 1.165) is 50.4 Å². The summed E-state index contributed by atoms with van der Waals surface area (Å²) in [6.45, 7) is 3.23. The minimum absolute atomic E-state index is 0.174. The SMILES string of the molecule is CN1CCN(N=Cc2c(-c3ccccc3)n(S(=O)(=O)c3ccc(OC(F)(F)F)cc3)c3ccccc23)CC1. The lowest BCUT2D eigenvalue weighted by atomic mass is 10.1. The molecule has 1 saturated heterocycles. The zero-order valence-electron chi connectivity index (χ0n) is 20.5. The number of ether oxygens (including phenoxy) is 1. The number of halogens is 3. The van der Waals surface area contributed by atoms with Crippen LogP contribution in [0.5, 0.6) is 5.75 Å². The summed E-state index contributed by atoms with van der Waals surface area (Å²) in [6.07, 6.45) is -3.18. The van der Waals surface area contributed by atoms with Crippen molar-refractivity contribution < 1.29 is 26.3 Å². The van der Waals surface area contributed by atoms with Gasteiger partial charge in [0, 0.05) is 37.1 Å². The van der Waals surface area contributed by atoms with E-state index in [2.05, 4.69) is 21.8 Å². The molecule has 0 N–H and O–H groups in total. The Morgan fingerprint density at radius 3 is 2.16 bits per heavy atom. The minimum atomic E-state index is -4.88. The molecule has 7 nitrogen and oxygen atoms in total. The highest BCUT2D eigenvalue weighted by molar-refractivity contribution is 7.90. The fourth-order valence-electron chi connectivity index (χ4n) is 4.45. The van der Waals surface area contributed by atoms with E-state index >= 15 is 0 Å². The van der Waals surface area contributed by atoms with Crippen molar-refractivity contribution in [2.45, 2.75) is 11.3 Å². The number of fused-ring (bicyclic) bond motifs is 1. The number of alkyl halides is 3. The molecule has 1 aromatic heterocycles. The summed E-state index contributed by atoms with van der Waals surface area (Å²) in [5.41, 5.74) is 2.14. The van der Waals surface area contributed by atoms with Crippen molar-refractivity contribution in [3.8, 4) is 17.0 Å². The normalized spacial score (nSPS) is 15.4. The van der Waals surface area contributed by atoms with Gasteiger partial charge in [0.1, 0.15) is 5.75 Å². The van der Waals surface area contributed by atoms with Gasteiger partial charge in [-0.15, -0.1) is 13.2 Å². The monoisotopic (exact) mass is 542 g/mol. The number of para-hydroxylation sites is 1. The Bertz CT molecular complexity index is 1560. The zero-order chi connectivity index (χ0) is 26.9. The van der Waals surface area contributed by atoms with Gasteiger partial charge in [0.15, 0.2) is 0 Å². The van der Waals surface area contributed by atoms with Crippen LogP contribution in [0.25, 0.3) is 22.2 Å². The summed E-state index contributed by atoms with van der Waals surface area (Å²) in [5.74, 6) is -0.503. The van der Waals surface area contributed by atoms with E-state index in [4.69, 9.17) is 0 Å². The van der Waals surface area contributed by atoms with E-state index in [1.807, 2.05) is 47.5 Å². The number of rotatable bonds is 6. The van der Waals surface area contributed by atoms with E-state index in [1.54, 1.807) is 18.3 Å². The second-order valence-electron chi connectivity index (χ2n) is 8.94. The Morgan fingerprint density at radius 2 is 1.50 bits per heavy atom. The first-order chi connectivity index (χ1) is 18.1. The van der Waals surface area contributed by atoms with Crippen molar-refractivity contribution in [1.82, 2.24) is 13.9 Å². The molecular weight excluding hydrogens is 517 g/mol. The smallest absolute Gasteiger partial charge is 0.406 e. The molecule has 38 heavy (non-hydrogen) atoms. The van der Waals surface area contributed by atoms with Gasteiger partial charge in [-0.3, -0.25) is 5.01 Å². The van der Waals surface area contributed by atoms with Crippen LogP contribution in [0, 0.1) is 0 Å². The molecule has 0 saturated carbocycles. The van der Waals surface area contributed by atoms with E-state index in [1.165, 1.54) is 3.97 Å². The number of aromatic nitrogens is 1. The lowest BCUT2D eigenvalue weighted by Crippen LogP contribution is -2.41. The number of hydrazone groups is 1. The van der Waals surface area contributed by atoms with Crippen LogP contribution in [-0.4, -0.2) is 68.1 Å². The molecule has 1 aliphatic rings. The standard InChI is InChI=1S/C27H25F3N4O3S/c1-32-15-17-33(18-16-32)31-19-24-23-9-5-6-10-25(23)34(26(24)20-7-3-2-4-8-20)38(35,36)22-13-11-21(12-14-22)37-27(28,29)30/h2-14,19H,15-18H2,1H3. The van der Waals surface area contributed by atoms with Gasteiger partial charge in [0.05, 0.1) is 22.3 Å². The molecule has 1 fully saturated rings. The van der Waals surface area contributed by atoms with Crippen LogP contribution < -0.4 is 4.74 Å². The number of hydrogen-bond donors (Lipinski definition) is 0. The Labute approximate surface area is 218 Å². The van der Waals surface area contributed by atoms with Crippen LogP contribution in [0.3, 0.4) is 0 Å². The first-order valence-electron chi connectivity index (χ1n) is 11.9. The van der Waals surface area contributed by atoms with Gasteiger partial charge < -0.3 is 9.64 Å². The summed E-state index contributed by atoms with van der Waals surface area (Å²) >= 11 is 0. The molecule has 5 rings (SSSR count). The summed E-state index contributed by atoms with van der Waals surface area (Å²) < 4.78 is 71.1. The molecule has 1 aliphatic heterocycles. The van der Waals surface area contributed by atoms with E-state index < -0.39 is 22.1 Å². The Morgan fingerprint density at radius 1 is 0.868 bits per heavy atom. The first-order valence-corrected chi connectivity index (χ1v) is 13.4. The van der Waals surface area contributed by atoms with Crippen LogP contribution in [0.15, 0.2) is 88.9 Å². The van der Waals surface area contributed by atoms with E-state index in [-0.39, 0.29) is 4.90 Å². The van der Waals surface area contributed by atoms with Gasteiger partial charge in [0.2, 0.25) is 0 Å². The Balaban J connectivity index is 1.67. The first kappa shape index (κ1) is 25.8. The fourth-order valence-corrected chi connectivity index (χ4v) is 6.01. The lowest BCUT2D eigenvalue weighted by molar-refractivity contribution is -0.274. The van der Waals surface area contributed by atoms with E-state index in [0.29, 0.717) is 27.7 Å². The van der Waals surface area contributed by atoms with Crippen LogP contribution >= 0.6 is 0 Å². The van der Waals surface area contributed by atoms with Crippen molar-refractivity contribution in [2.75, 3.05) is 33.2 Å². The minimum Gasteiger partial charge on any atom is -0.406 e. The molecule has 3 aromatic carbocycles. The Hall–Kier alpha value is -3.83. The van der Waals surface area contributed by atoms with Gasteiger partial charge in [0.25, 0.3) is 10.0 Å². The molecule has 4 aromatic rings. The predicted octanol–water partition coefficient (Wildman–Crippen LogP) is 5.03. The Kier molecular flexibility index (Phi) is 6.89. The number of benzene rings is 3. The van der Waals surface area contributed by atoms with Crippen LogP contribution in [0.2, 0.25) is 0 Å². The van der Waals surface area contributed by atoms with Gasteiger partial charge in [-0.05, 0) is 42.9 Å². The third-order valence-corrected chi connectivity index (χ3v) is 8.07. The number of likely N-dealkylation sites (N-methyl/N-ethyl adjacent to an activating group) is 1. The van der Waals surface area contributed by atoms with E-state index in [9.17, 15) is 21.6 Å². The van der Waals surface area contributed by atoms with Crippen molar-refractivity contribution in [3.05, 3.63) is 84.4 Å². The highest BCUT2D eigenvalue weighted by Crippen LogP contribution is 2.36. The second kappa shape index (κ2) is 10.1. The molecule has 11 heteroatoms. The van der Waals surface area contributed by atoms with Gasteiger partial charge in [-0.1, -0.05) is 48.5 Å². The van der Waals surface area contributed by atoms with Gasteiger partial charge in [-0.25, -0.2) is 12.4 Å². The molecule has 0 radical (unpaired) electrons. The third-order valence-electron chi connectivity index (χ3n) is 6.34. The third kappa shape index (κ3) is 5.25. The average Bonchev–Trinajstić information content (AvgIpc) is 3.23. The van der Waals surface area contributed by atoms with Crippen molar-refractivity contribution in [3.63, 3.8) is 0 Å². The van der Waals surface area contributed by atoms with Crippen molar-refractivity contribution in [2.24, 2.45) is 5.10 Å². The number of nitrogens with zero attached hydrogens (tertiary/aromatic N) is 4. The number of hydrogen-bond acceptors (Lipinski definition) is 6. The van der Waals surface area contributed by atoms with Gasteiger partial charge >= 0.3 is 6.36 Å². The molecule has 0 bridgehead atoms. The maximum atomic E-state index is 14.0. The molecule has 0 aliphatic carbocycles. The predicted molar refractivity (Wildman–Crippen MR) is 140 cm³/mol. The summed E-state index contributed by atoms with van der Waals surface area (Å²) in [6, 6.07) is 20.4. The molecule has 0 spiro atoms. The molecule has 198 valence electrons. The topological polar surface area (TPSA) is 67.1 Å². The molecular formula is C27H25F3N4O3S. The second-order valence-corrected chi connectivity index (χ2v) is 10.7. The van der Waals surface area contributed by atoms with Crippen LogP contribution in [0.1, 0.15) is 5.56 Å². The van der Waals surface area contributed by atoms with Crippen LogP contribution in [0.4, 0.5) is 13.2 Å². The molecule has 0 unspecified atom stereocenters. The maximum absolute atomic E-state index is 14.0. The maximum Gasteiger partial charge on any atom is 0.573 e. The average molecular weight is 543 g/mol. The van der Waals surface area contributed by atoms with Crippen molar-refractivity contribution in [1.29, 1.82) is 0 Å². The quantitative estimate of drug-likeness (QED) is 0.320. The lowest BCUT2D eigenvalue weighted by Gasteiger charge is -2.30. The van der Waals surface area contributed by atoms with Crippen molar-refractivity contribution >= 4 is 27.1 Å². The highest BCUT2D eigenvalue weighted by Gasteiger charge is 2.32.